The van der Waals surface area contributed by atoms with Crippen molar-refractivity contribution in [3.8, 4) is 0 Å². The Morgan fingerprint density at radius 1 is 0.465 bits per heavy atom. The molecule has 0 aromatic carbocycles. The first-order valence-electron chi connectivity index (χ1n) is 30.4. The fraction of sp³-hybridized carbons (Fsp3) is 0.917. The number of imidazole rings is 1. The van der Waals surface area contributed by atoms with Crippen molar-refractivity contribution >= 4 is 11.9 Å². The Labute approximate surface area is 437 Å². The van der Waals surface area contributed by atoms with Crippen LogP contribution in [0, 0.1) is 5.41 Å². The van der Waals surface area contributed by atoms with Crippen molar-refractivity contribution in [2.45, 2.75) is 291 Å². The standard InChI is InChI=1S/C60H113N3O8/c1-5-9-13-17-21-25-31-49-68-58(69-50-32-26-22-18-14-10-6-2)37-35-56(64)66-53-41-60(39-46-62(47-40-60)44-29-30-45-63-48-43-61-55-63)42-54-67-57(65)36-38-59(70-51-33-27-23-19-15-11-7-3)71-52-34-28-24-20-16-12-8-4/h43,48,55,58-59H,5-42,44-47,49-54H2,1-4H3. The first kappa shape index (κ1) is 65.1. The van der Waals surface area contributed by atoms with E-state index in [1.54, 1.807) is 0 Å². The summed E-state index contributed by atoms with van der Waals surface area (Å²) in [6, 6.07) is 0. The molecule has 1 saturated heterocycles. The number of ether oxygens (including phenoxy) is 6. The molecular weight excluding hydrogens is 891 g/mol. The number of carbonyl (C=O) groups is 2. The molecule has 2 heterocycles. The molecule has 0 saturated carbocycles. The minimum atomic E-state index is -0.378. The molecule has 0 aliphatic carbocycles. The second-order valence-corrected chi connectivity index (χ2v) is 21.2. The van der Waals surface area contributed by atoms with Crippen molar-refractivity contribution in [1.29, 1.82) is 0 Å². The van der Waals surface area contributed by atoms with Crippen LogP contribution in [0.4, 0.5) is 0 Å². The first-order valence-corrected chi connectivity index (χ1v) is 30.4. The van der Waals surface area contributed by atoms with Gasteiger partial charge in [0.1, 0.15) is 0 Å². The number of hydrogen-bond donors (Lipinski definition) is 0. The predicted molar refractivity (Wildman–Crippen MR) is 293 cm³/mol. The number of piperidine rings is 1. The third-order valence-corrected chi connectivity index (χ3v) is 14.8. The van der Waals surface area contributed by atoms with Gasteiger partial charge in [0.2, 0.25) is 0 Å². The molecule has 0 unspecified atom stereocenters. The third-order valence-electron chi connectivity index (χ3n) is 14.8. The van der Waals surface area contributed by atoms with Gasteiger partial charge in [-0.15, -0.1) is 0 Å². The molecule has 1 aliphatic heterocycles. The zero-order valence-electron chi connectivity index (χ0n) is 46.9. The van der Waals surface area contributed by atoms with Crippen LogP contribution in [-0.4, -0.2) is 98.2 Å². The molecule has 0 spiro atoms. The van der Waals surface area contributed by atoms with E-state index in [9.17, 15) is 9.59 Å². The summed E-state index contributed by atoms with van der Waals surface area (Å²) in [4.78, 5) is 33.3. The van der Waals surface area contributed by atoms with Crippen LogP contribution < -0.4 is 0 Å². The molecule has 1 aromatic heterocycles. The quantitative estimate of drug-likeness (QED) is 0.0355. The number of carbonyl (C=O) groups excluding carboxylic acids is 2. The van der Waals surface area contributed by atoms with E-state index in [0.717, 1.165) is 90.4 Å². The number of rotatable bonds is 53. The zero-order chi connectivity index (χ0) is 51.0. The fourth-order valence-corrected chi connectivity index (χ4v) is 9.83. The summed E-state index contributed by atoms with van der Waals surface area (Å²) in [7, 11) is 0. The van der Waals surface area contributed by atoms with Crippen LogP contribution in [0.25, 0.3) is 0 Å². The number of nitrogens with zero attached hydrogens (tertiary/aromatic N) is 3. The van der Waals surface area contributed by atoms with Gasteiger partial charge in [-0.05, 0) is 89.3 Å². The van der Waals surface area contributed by atoms with Crippen LogP contribution in [0.1, 0.15) is 272 Å². The van der Waals surface area contributed by atoms with Crippen molar-refractivity contribution in [2.75, 3.05) is 59.3 Å². The maximum atomic E-state index is 13.3. The molecule has 0 N–H and O–H groups in total. The van der Waals surface area contributed by atoms with E-state index in [4.69, 9.17) is 28.4 Å². The molecule has 0 amide bonds. The summed E-state index contributed by atoms with van der Waals surface area (Å²) in [5, 5.41) is 0. The zero-order valence-corrected chi connectivity index (χ0v) is 46.9. The predicted octanol–water partition coefficient (Wildman–Crippen LogP) is 15.9. The van der Waals surface area contributed by atoms with Crippen LogP contribution in [-0.2, 0) is 44.6 Å². The summed E-state index contributed by atoms with van der Waals surface area (Å²) in [6.07, 6.45) is 46.9. The first-order chi connectivity index (χ1) is 34.9. The highest BCUT2D eigenvalue weighted by Gasteiger charge is 2.35. The van der Waals surface area contributed by atoms with Gasteiger partial charge in [0.15, 0.2) is 12.6 Å². The summed E-state index contributed by atoms with van der Waals surface area (Å²) in [5.74, 6) is -0.382. The Hall–Kier alpha value is -2.05. The minimum Gasteiger partial charge on any atom is -0.466 e. The van der Waals surface area contributed by atoms with Crippen molar-refractivity contribution < 1.29 is 38.0 Å². The highest BCUT2D eigenvalue weighted by Crippen LogP contribution is 2.39. The van der Waals surface area contributed by atoms with Crippen LogP contribution in [0.15, 0.2) is 18.7 Å². The van der Waals surface area contributed by atoms with E-state index >= 15 is 0 Å². The molecule has 71 heavy (non-hydrogen) atoms. The molecule has 416 valence electrons. The number of esters is 2. The van der Waals surface area contributed by atoms with E-state index in [1.165, 1.54) is 154 Å². The number of likely N-dealkylation sites (tertiary alicyclic amines) is 1. The van der Waals surface area contributed by atoms with Crippen LogP contribution in [0.2, 0.25) is 0 Å². The topological polar surface area (TPSA) is 111 Å². The van der Waals surface area contributed by atoms with Gasteiger partial charge in [-0.3, -0.25) is 9.59 Å². The van der Waals surface area contributed by atoms with Crippen molar-refractivity contribution in [1.82, 2.24) is 14.5 Å². The molecule has 11 heteroatoms. The minimum absolute atomic E-state index is 0.0580. The molecule has 1 fully saturated rings. The molecular formula is C60H113N3O8. The van der Waals surface area contributed by atoms with Gasteiger partial charge in [0.25, 0.3) is 0 Å². The molecule has 1 aromatic rings. The van der Waals surface area contributed by atoms with Gasteiger partial charge in [-0.25, -0.2) is 4.98 Å². The lowest BCUT2D eigenvalue weighted by molar-refractivity contribution is -0.160. The Kier molecular flexibility index (Phi) is 43.7. The molecule has 1 aliphatic rings. The largest absolute Gasteiger partial charge is 0.466 e. The third kappa shape index (κ3) is 38.2. The van der Waals surface area contributed by atoms with Crippen molar-refractivity contribution in [2.24, 2.45) is 5.41 Å². The number of aromatic nitrogens is 2. The summed E-state index contributed by atoms with van der Waals surface area (Å²) in [5.41, 5.74) is -0.0580. The fourth-order valence-electron chi connectivity index (χ4n) is 9.83. The highest BCUT2D eigenvalue weighted by atomic mass is 16.7. The molecule has 2 rings (SSSR count). The van der Waals surface area contributed by atoms with Gasteiger partial charge in [0.05, 0.1) is 32.4 Å². The Morgan fingerprint density at radius 3 is 1.17 bits per heavy atom. The number of hydrogen-bond acceptors (Lipinski definition) is 10. The van der Waals surface area contributed by atoms with Crippen molar-refractivity contribution in [3.63, 3.8) is 0 Å². The normalized spacial score (nSPS) is 14.0. The summed E-state index contributed by atoms with van der Waals surface area (Å²) < 4.78 is 39.0. The maximum absolute atomic E-state index is 13.3. The lowest BCUT2D eigenvalue weighted by Crippen LogP contribution is -2.42. The number of aryl methyl sites for hydroxylation is 1. The average molecular weight is 1000 g/mol. The van der Waals surface area contributed by atoms with Gasteiger partial charge in [0, 0.05) is 58.2 Å². The van der Waals surface area contributed by atoms with Crippen LogP contribution >= 0.6 is 0 Å². The van der Waals surface area contributed by atoms with Crippen molar-refractivity contribution in [3.05, 3.63) is 18.7 Å². The van der Waals surface area contributed by atoms with E-state index in [-0.39, 0.29) is 42.8 Å². The smallest absolute Gasteiger partial charge is 0.305 e. The Balaban J connectivity index is 1.90. The van der Waals surface area contributed by atoms with Gasteiger partial charge in [-0.2, -0.15) is 0 Å². The monoisotopic (exact) mass is 1000 g/mol. The lowest BCUT2D eigenvalue weighted by Gasteiger charge is -2.42. The molecule has 0 bridgehead atoms. The lowest BCUT2D eigenvalue weighted by atomic mass is 9.73. The molecule has 11 nitrogen and oxygen atoms in total. The summed E-state index contributed by atoms with van der Waals surface area (Å²) in [6.45, 7) is 16.5. The summed E-state index contributed by atoms with van der Waals surface area (Å²) >= 11 is 0. The maximum Gasteiger partial charge on any atom is 0.305 e. The average Bonchev–Trinajstić information content (AvgIpc) is 3.91. The SMILES string of the molecule is CCCCCCCCCOC(CCC(=O)OCCC1(CCOC(=O)CCC(OCCCCCCCCC)OCCCCCCCCC)CCN(CCCCn2ccnc2)CC1)OCCCCCCCCC. The Bertz CT molecular complexity index is 1180. The van der Waals surface area contributed by atoms with Gasteiger partial charge in [-0.1, -0.05) is 182 Å². The van der Waals surface area contributed by atoms with Gasteiger partial charge >= 0.3 is 11.9 Å². The second kappa shape index (κ2) is 47.6. The highest BCUT2D eigenvalue weighted by molar-refractivity contribution is 5.69. The van der Waals surface area contributed by atoms with E-state index in [2.05, 4.69) is 42.1 Å². The van der Waals surface area contributed by atoms with E-state index in [1.807, 2.05) is 18.7 Å². The van der Waals surface area contributed by atoms with E-state index in [0.29, 0.717) is 52.5 Å². The molecule has 0 radical (unpaired) electrons. The number of unbranched alkanes of at least 4 members (excludes halogenated alkanes) is 25. The Morgan fingerprint density at radius 2 is 0.817 bits per heavy atom. The molecule has 0 atom stereocenters. The second-order valence-electron chi connectivity index (χ2n) is 21.2. The van der Waals surface area contributed by atoms with E-state index < -0.39 is 0 Å². The van der Waals surface area contributed by atoms with Crippen LogP contribution in [0.3, 0.4) is 0 Å². The van der Waals surface area contributed by atoms with Gasteiger partial charge < -0.3 is 37.9 Å². The van der Waals surface area contributed by atoms with Crippen LogP contribution in [0.5, 0.6) is 0 Å².